The average molecular weight is 118 g/mol. The van der Waals surface area contributed by atoms with Gasteiger partial charge in [-0.3, -0.25) is 0 Å². The third kappa shape index (κ3) is 1.16. The minimum atomic E-state index is 0.537. The molecule has 0 unspecified atom stereocenters. The summed E-state index contributed by atoms with van der Waals surface area (Å²) >= 11 is 0. The second-order valence-corrected chi connectivity index (χ2v) is 1.89. The van der Waals surface area contributed by atoms with E-state index in [0.29, 0.717) is 16.8 Å². The molecule has 0 saturated carbocycles. The van der Waals surface area contributed by atoms with Gasteiger partial charge in [0.25, 0.3) is 0 Å². The summed E-state index contributed by atoms with van der Waals surface area (Å²) in [5, 5.41) is 0. The molecule has 0 spiro atoms. The fourth-order valence-corrected chi connectivity index (χ4v) is 0.593. The zero-order chi connectivity index (χ0) is 6.85. The van der Waals surface area contributed by atoms with Gasteiger partial charge < -0.3 is 11.5 Å². The number of benzene rings is 1. The van der Waals surface area contributed by atoms with Gasteiger partial charge in [0.2, 0.25) is 0 Å². The molecular formula is C6H7BN2. The zero-order valence-corrected chi connectivity index (χ0v) is 4.96. The molecular weight excluding hydrogens is 111 g/mol. The normalized spacial score (nSPS) is 9.33. The molecule has 44 valence electrons. The highest BCUT2D eigenvalue weighted by Gasteiger charge is 1.89. The predicted octanol–water partition coefficient (Wildman–Crippen LogP) is -0.355. The summed E-state index contributed by atoms with van der Waals surface area (Å²) in [6.07, 6.45) is 0. The van der Waals surface area contributed by atoms with E-state index in [0.717, 1.165) is 0 Å². The van der Waals surface area contributed by atoms with Crippen molar-refractivity contribution in [2.45, 2.75) is 0 Å². The van der Waals surface area contributed by atoms with Crippen LogP contribution in [0.3, 0.4) is 0 Å². The zero-order valence-electron chi connectivity index (χ0n) is 4.96. The Hall–Kier alpha value is -1.12. The lowest BCUT2D eigenvalue weighted by Crippen LogP contribution is -2.09. The lowest BCUT2D eigenvalue weighted by atomic mass is 9.94. The first-order valence-electron chi connectivity index (χ1n) is 2.60. The summed E-state index contributed by atoms with van der Waals surface area (Å²) in [6.45, 7) is 0. The highest BCUT2D eigenvalue weighted by Crippen LogP contribution is 2.01. The van der Waals surface area contributed by atoms with E-state index >= 15 is 0 Å². The van der Waals surface area contributed by atoms with Gasteiger partial charge in [0.1, 0.15) is 7.85 Å². The lowest BCUT2D eigenvalue weighted by Gasteiger charge is -1.98. The highest BCUT2D eigenvalue weighted by atomic mass is 14.6. The molecule has 0 aromatic heterocycles. The van der Waals surface area contributed by atoms with E-state index < -0.39 is 0 Å². The molecule has 9 heavy (non-hydrogen) atoms. The van der Waals surface area contributed by atoms with Gasteiger partial charge in [-0.25, -0.2) is 0 Å². The Kier molecular flexibility index (Phi) is 1.34. The van der Waals surface area contributed by atoms with Crippen LogP contribution in [0.25, 0.3) is 0 Å². The molecule has 1 aromatic carbocycles. The van der Waals surface area contributed by atoms with Crippen LogP contribution in [0.2, 0.25) is 0 Å². The standard InChI is InChI=1S/C6H7BN2/c7-5-3-4(8)1-2-6(5)9/h1-3H,8-9H2. The first-order valence-corrected chi connectivity index (χ1v) is 2.60. The molecule has 0 atom stereocenters. The fourth-order valence-electron chi connectivity index (χ4n) is 0.593. The molecule has 0 aliphatic heterocycles. The number of nitrogens with two attached hydrogens (primary N) is 2. The maximum Gasteiger partial charge on any atom is 0.116 e. The average Bonchev–Trinajstić information content (AvgIpc) is 1.80. The molecule has 0 amide bonds. The van der Waals surface area contributed by atoms with Crippen LogP contribution in [-0.4, -0.2) is 7.85 Å². The van der Waals surface area contributed by atoms with Crippen molar-refractivity contribution >= 4 is 24.7 Å². The first-order chi connectivity index (χ1) is 4.20. The number of hydrogen-bond donors (Lipinski definition) is 2. The van der Waals surface area contributed by atoms with Gasteiger partial charge in [-0.15, -0.1) is 0 Å². The monoisotopic (exact) mass is 118 g/mol. The molecule has 2 nitrogen and oxygen atoms in total. The number of rotatable bonds is 0. The van der Waals surface area contributed by atoms with Crippen molar-refractivity contribution in [3.05, 3.63) is 18.2 Å². The van der Waals surface area contributed by atoms with Crippen LogP contribution in [0.4, 0.5) is 11.4 Å². The van der Waals surface area contributed by atoms with Crippen molar-refractivity contribution in [1.82, 2.24) is 0 Å². The van der Waals surface area contributed by atoms with E-state index in [1.165, 1.54) is 0 Å². The summed E-state index contributed by atoms with van der Waals surface area (Å²) < 4.78 is 0. The third-order valence-corrected chi connectivity index (χ3v) is 1.11. The summed E-state index contributed by atoms with van der Waals surface area (Å²) in [5.41, 5.74) is 12.6. The second-order valence-electron chi connectivity index (χ2n) is 1.89. The molecule has 2 radical (unpaired) electrons. The van der Waals surface area contributed by atoms with Gasteiger partial charge in [-0.2, -0.15) is 0 Å². The maximum absolute atomic E-state index is 5.42. The lowest BCUT2D eigenvalue weighted by molar-refractivity contribution is 1.71. The first kappa shape index (κ1) is 6.01. The van der Waals surface area contributed by atoms with Crippen molar-refractivity contribution in [1.29, 1.82) is 0 Å². The van der Waals surface area contributed by atoms with Crippen molar-refractivity contribution in [3.8, 4) is 0 Å². The number of nitrogen functional groups attached to an aromatic ring is 2. The highest BCUT2D eigenvalue weighted by molar-refractivity contribution is 6.35. The molecule has 0 bridgehead atoms. The summed E-state index contributed by atoms with van der Waals surface area (Å²) in [6, 6.07) is 5.03. The third-order valence-electron chi connectivity index (χ3n) is 1.11. The van der Waals surface area contributed by atoms with Crippen molar-refractivity contribution in [2.75, 3.05) is 11.5 Å². The second kappa shape index (κ2) is 2.01. The summed E-state index contributed by atoms with van der Waals surface area (Å²) in [7, 11) is 5.42. The quantitative estimate of drug-likeness (QED) is 0.361. The smallest absolute Gasteiger partial charge is 0.116 e. The van der Waals surface area contributed by atoms with E-state index in [4.69, 9.17) is 19.3 Å². The molecule has 4 N–H and O–H groups in total. The van der Waals surface area contributed by atoms with E-state index in [1.807, 2.05) is 0 Å². The van der Waals surface area contributed by atoms with Crippen LogP contribution in [0, 0.1) is 0 Å². The van der Waals surface area contributed by atoms with Crippen LogP contribution in [0.5, 0.6) is 0 Å². The molecule has 0 aliphatic carbocycles. The molecule has 0 heterocycles. The number of anilines is 2. The van der Waals surface area contributed by atoms with Gasteiger partial charge in [0.05, 0.1) is 0 Å². The van der Waals surface area contributed by atoms with Crippen molar-refractivity contribution in [3.63, 3.8) is 0 Å². The Labute approximate surface area is 55.3 Å². The van der Waals surface area contributed by atoms with Crippen molar-refractivity contribution in [2.24, 2.45) is 0 Å². The SMILES string of the molecule is [B]c1cc(N)ccc1N. The Balaban J connectivity index is 3.17. The minimum Gasteiger partial charge on any atom is -0.399 e. The number of hydrogen-bond acceptors (Lipinski definition) is 2. The van der Waals surface area contributed by atoms with Crippen LogP contribution < -0.4 is 16.9 Å². The van der Waals surface area contributed by atoms with Gasteiger partial charge >= 0.3 is 0 Å². The molecule has 0 saturated heterocycles. The van der Waals surface area contributed by atoms with Crippen LogP contribution in [-0.2, 0) is 0 Å². The molecule has 3 heteroatoms. The Morgan fingerprint density at radius 3 is 2.33 bits per heavy atom. The van der Waals surface area contributed by atoms with E-state index in [-0.39, 0.29) is 0 Å². The Morgan fingerprint density at radius 1 is 1.22 bits per heavy atom. The molecule has 0 aliphatic rings. The fraction of sp³-hybridized carbons (Fsp3) is 0. The van der Waals surface area contributed by atoms with E-state index in [2.05, 4.69) is 0 Å². The van der Waals surface area contributed by atoms with Gasteiger partial charge in [0.15, 0.2) is 0 Å². The molecule has 1 rings (SSSR count). The summed E-state index contributed by atoms with van der Waals surface area (Å²) in [4.78, 5) is 0. The summed E-state index contributed by atoms with van der Waals surface area (Å²) in [5.74, 6) is 0. The van der Waals surface area contributed by atoms with Crippen molar-refractivity contribution < 1.29 is 0 Å². The van der Waals surface area contributed by atoms with E-state index in [9.17, 15) is 0 Å². The van der Waals surface area contributed by atoms with Crippen LogP contribution in [0.1, 0.15) is 0 Å². The maximum atomic E-state index is 5.42. The minimum absolute atomic E-state index is 0.537. The van der Waals surface area contributed by atoms with E-state index in [1.54, 1.807) is 18.2 Å². The topological polar surface area (TPSA) is 52.0 Å². The Morgan fingerprint density at radius 2 is 1.89 bits per heavy atom. The predicted molar refractivity (Wildman–Crippen MR) is 40.7 cm³/mol. The van der Waals surface area contributed by atoms with Crippen LogP contribution in [0.15, 0.2) is 18.2 Å². The van der Waals surface area contributed by atoms with Gasteiger partial charge in [-0.1, -0.05) is 5.46 Å². The molecule has 0 fully saturated rings. The largest absolute Gasteiger partial charge is 0.399 e. The van der Waals surface area contributed by atoms with Crippen LogP contribution >= 0.6 is 0 Å². The Bertz CT molecular complexity index is 222. The molecule has 1 aromatic rings. The van der Waals surface area contributed by atoms with Gasteiger partial charge in [0, 0.05) is 11.4 Å². The van der Waals surface area contributed by atoms with Gasteiger partial charge in [-0.05, 0) is 18.2 Å².